The minimum absolute atomic E-state index is 0.511. The van der Waals surface area contributed by atoms with Crippen LogP contribution >= 0.6 is 0 Å². The molecule has 1 atom stereocenters. The molecule has 0 aliphatic carbocycles. The number of ether oxygens (including phenoxy) is 1. The predicted molar refractivity (Wildman–Crippen MR) is 77.7 cm³/mol. The summed E-state index contributed by atoms with van der Waals surface area (Å²) in [5.41, 5.74) is 1.35. The first kappa shape index (κ1) is 12.9. The van der Waals surface area contributed by atoms with Crippen molar-refractivity contribution in [3.05, 3.63) is 30.3 Å². The van der Waals surface area contributed by atoms with Crippen molar-refractivity contribution in [3.63, 3.8) is 0 Å². The van der Waals surface area contributed by atoms with Gasteiger partial charge in [0.1, 0.15) is 0 Å². The van der Waals surface area contributed by atoms with Crippen molar-refractivity contribution >= 4 is 5.69 Å². The van der Waals surface area contributed by atoms with Crippen LogP contribution in [-0.4, -0.2) is 63.4 Å². The van der Waals surface area contributed by atoms with Gasteiger partial charge in [-0.15, -0.1) is 0 Å². The van der Waals surface area contributed by atoms with Crippen molar-refractivity contribution in [2.45, 2.75) is 6.04 Å². The van der Waals surface area contributed by atoms with Gasteiger partial charge in [0.05, 0.1) is 13.2 Å². The third-order valence-corrected chi connectivity index (χ3v) is 3.97. The maximum Gasteiger partial charge on any atom is 0.0632 e. The van der Waals surface area contributed by atoms with Crippen LogP contribution in [0.1, 0.15) is 0 Å². The predicted octanol–water partition coefficient (Wildman–Crippen LogP) is 0.797. The Labute approximate surface area is 115 Å². The van der Waals surface area contributed by atoms with Crippen LogP contribution in [0, 0.1) is 0 Å². The molecule has 0 amide bonds. The van der Waals surface area contributed by atoms with Gasteiger partial charge in [-0.25, -0.2) is 0 Å². The summed E-state index contributed by atoms with van der Waals surface area (Å²) in [5.74, 6) is 0. The number of rotatable bonds is 3. The van der Waals surface area contributed by atoms with Crippen LogP contribution in [0.4, 0.5) is 5.69 Å². The number of anilines is 1. The fraction of sp³-hybridized carbons (Fsp3) is 0.600. The lowest BCUT2D eigenvalue weighted by Gasteiger charge is -2.38. The molecule has 0 aromatic heterocycles. The topological polar surface area (TPSA) is 27.7 Å². The summed E-state index contributed by atoms with van der Waals surface area (Å²) in [7, 11) is 0. The Morgan fingerprint density at radius 1 is 1.11 bits per heavy atom. The van der Waals surface area contributed by atoms with Crippen molar-refractivity contribution in [1.82, 2.24) is 10.2 Å². The van der Waals surface area contributed by atoms with Gasteiger partial charge in [0.25, 0.3) is 0 Å². The van der Waals surface area contributed by atoms with Crippen molar-refractivity contribution in [3.8, 4) is 0 Å². The molecule has 4 nitrogen and oxygen atoms in total. The van der Waals surface area contributed by atoms with Crippen LogP contribution in [0.5, 0.6) is 0 Å². The summed E-state index contributed by atoms with van der Waals surface area (Å²) >= 11 is 0. The Morgan fingerprint density at radius 2 is 1.89 bits per heavy atom. The van der Waals surface area contributed by atoms with E-state index in [0.717, 1.165) is 52.5 Å². The molecule has 4 heteroatoms. The molecule has 0 saturated carbocycles. The van der Waals surface area contributed by atoms with E-state index < -0.39 is 0 Å². The van der Waals surface area contributed by atoms with Crippen LogP contribution in [0.2, 0.25) is 0 Å². The van der Waals surface area contributed by atoms with E-state index in [1.54, 1.807) is 0 Å². The van der Waals surface area contributed by atoms with Crippen LogP contribution < -0.4 is 10.2 Å². The number of para-hydroxylation sites is 1. The number of hydrogen-bond donors (Lipinski definition) is 1. The summed E-state index contributed by atoms with van der Waals surface area (Å²) in [6.45, 7) is 8.36. The zero-order valence-electron chi connectivity index (χ0n) is 11.4. The van der Waals surface area contributed by atoms with Gasteiger partial charge in [-0.1, -0.05) is 18.2 Å². The fourth-order valence-corrected chi connectivity index (χ4v) is 2.88. The van der Waals surface area contributed by atoms with Crippen LogP contribution in [0.3, 0.4) is 0 Å². The lowest BCUT2D eigenvalue weighted by Crippen LogP contribution is -2.53. The molecular weight excluding hydrogens is 238 g/mol. The van der Waals surface area contributed by atoms with E-state index in [-0.39, 0.29) is 0 Å². The molecule has 1 N–H and O–H groups in total. The van der Waals surface area contributed by atoms with Gasteiger partial charge in [-0.3, -0.25) is 4.90 Å². The van der Waals surface area contributed by atoms with Crippen LogP contribution in [0.25, 0.3) is 0 Å². The number of hydrogen-bond acceptors (Lipinski definition) is 4. The number of benzene rings is 1. The molecule has 3 rings (SSSR count). The van der Waals surface area contributed by atoms with Gasteiger partial charge in [0, 0.05) is 51.0 Å². The van der Waals surface area contributed by atoms with E-state index in [4.69, 9.17) is 4.74 Å². The first-order chi connectivity index (χ1) is 9.42. The molecule has 19 heavy (non-hydrogen) atoms. The normalized spacial score (nSPS) is 25.5. The Bertz CT molecular complexity index is 370. The molecule has 104 valence electrons. The Kier molecular flexibility index (Phi) is 4.33. The monoisotopic (exact) mass is 261 g/mol. The Morgan fingerprint density at radius 3 is 2.58 bits per heavy atom. The molecular formula is C15H23N3O. The van der Waals surface area contributed by atoms with Crippen LogP contribution in [0.15, 0.2) is 30.3 Å². The van der Waals surface area contributed by atoms with Gasteiger partial charge >= 0.3 is 0 Å². The van der Waals surface area contributed by atoms with Gasteiger partial charge < -0.3 is 15.0 Å². The lowest BCUT2D eigenvalue weighted by atomic mass is 10.2. The van der Waals surface area contributed by atoms with Gasteiger partial charge in [0.2, 0.25) is 0 Å². The second-order valence-corrected chi connectivity index (χ2v) is 5.35. The molecule has 0 radical (unpaired) electrons. The highest BCUT2D eigenvalue weighted by atomic mass is 16.5. The smallest absolute Gasteiger partial charge is 0.0632 e. The fourth-order valence-electron chi connectivity index (χ4n) is 2.88. The largest absolute Gasteiger partial charge is 0.378 e. The van der Waals surface area contributed by atoms with Gasteiger partial charge in [-0.05, 0) is 12.1 Å². The van der Waals surface area contributed by atoms with E-state index in [0.29, 0.717) is 6.04 Å². The number of nitrogens with zero attached hydrogens (tertiary/aromatic N) is 2. The SMILES string of the molecule is c1ccc(N2CCN(CC3COCCN3)CC2)cc1. The van der Waals surface area contributed by atoms with Crippen molar-refractivity contribution in [2.75, 3.05) is 57.4 Å². The maximum absolute atomic E-state index is 5.51. The molecule has 0 bridgehead atoms. The molecule has 2 fully saturated rings. The molecule has 2 saturated heterocycles. The van der Waals surface area contributed by atoms with Crippen molar-refractivity contribution in [2.24, 2.45) is 0 Å². The lowest BCUT2D eigenvalue weighted by molar-refractivity contribution is 0.0610. The average molecular weight is 261 g/mol. The molecule has 0 spiro atoms. The van der Waals surface area contributed by atoms with E-state index in [2.05, 4.69) is 45.4 Å². The highest BCUT2D eigenvalue weighted by Gasteiger charge is 2.21. The zero-order valence-corrected chi connectivity index (χ0v) is 11.4. The second kappa shape index (κ2) is 6.37. The highest BCUT2D eigenvalue weighted by molar-refractivity contribution is 5.46. The quantitative estimate of drug-likeness (QED) is 0.871. The summed E-state index contributed by atoms with van der Waals surface area (Å²) < 4.78 is 5.51. The molecule has 2 heterocycles. The summed E-state index contributed by atoms with van der Waals surface area (Å²) in [4.78, 5) is 5.02. The van der Waals surface area contributed by atoms with Gasteiger partial charge in [0.15, 0.2) is 0 Å². The second-order valence-electron chi connectivity index (χ2n) is 5.35. The Hall–Kier alpha value is -1.10. The zero-order chi connectivity index (χ0) is 12.9. The number of morpholine rings is 1. The summed E-state index contributed by atoms with van der Waals surface area (Å²) in [6, 6.07) is 11.2. The van der Waals surface area contributed by atoms with Crippen LogP contribution in [-0.2, 0) is 4.74 Å². The molecule has 1 aromatic carbocycles. The van der Waals surface area contributed by atoms with E-state index in [1.165, 1.54) is 5.69 Å². The maximum atomic E-state index is 5.51. The molecule has 1 unspecified atom stereocenters. The highest BCUT2D eigenvalue weighted by Crippen LogP contribution is 2.15. The molecule has 2 aliphatic rings. The number of piperazine rings is 1. The van der Waals surface area contributed by atoms with Crippen molar-refractivity contribution in [1.29, 1.82) is 0 Å². The third-order valence-electron chi connectivity index (χ3n) is 3.97. The minimum Gasteiger partial charge on any atom is -0.378 e. The van der Waals surface area contributed by atoms with E-state index in [1.807, 2.05) is 0 Å². The first-order valence-electron chi connectivity index (χ1n) is 7.25. The van der Waals surface area contributed by atoms with Crippen molar-refractivity contribution < 1.29 is 4.74 Å². The summed E-state index contributed by atoms with van der Waals surface area (Å²) in [5, 5.41) is 3.53. The van der Waals surface area contributed by atoms with E-state index in [9.17, 15) is 0 Å². The first-order valence-corrected chi connectivity index (χ1v) is 7.25. The summed E-state index contributed by atoms with van der Waals surface area (Å²) in [6.07, 6.45) is 0. The van der Waals surface area contributed by atoms with E-state index >= 15 is 0 Å². The molecule has 1 aromatic rings. The van der Waals surface area contributed by atoms with Gasteiger partial charge in [-0.2, -0.15) is 0 Å². The number of nitrogens with one attached hydrogen (secondary N) is 1. The molecule has 2 aliphatic heterocycles. The standard InChI is InChI=1S/C15H23N3O/c1-2-4-15(5-3-1)18-9-7-17(8-10-18)12-14-13-19-11-6-16-14/h1-5,14,16H,6-13H2. The minimum atomic E-state index is 0.511. The Balaban J connectivity index is 1.46. The average Bonchev–Trinajstić information content (AvgIpc) is 2.50. The third kappa shape index (κ3) is 3.47.